The number of likely N-dealkylation sites (N-methyl/N-ethyl adjacent to an activating group) is 1. The summed E-state index contributed by atoms with van der Waals surface area (Å²) in [6.07, 6.45) is 0.810. The predicted octanol–water partition coefficient (Wildman–Crippen LogP) is 3.58. The van der Waals surface area contributed by atoms with Gasteiger partial charge in [0.1, 0.15) is 5.75 Å². The Kier molecular flexibility index (Phi) is 6.42. The highest BCUT2D eigenvalue weighted by Crippen LogP contribution is 2.37. The molecule has 0 atom stereocenters. The molecule has 27 heavy (non-hydrogen) atoms. The smallest absolute Gasteiger partial charge is 0.238 e. The van der Waals surface area contributed by atoms with Crippen LogP contribution < -0.4 is 19.5 Å². The zero-order valence-electron chi connectivity index (χ0n) is 15.5. The number of carbonyl (C=O) groups excluding carboxylic acids is 1. The molecule has 0 saturated heterocycles. The van der Waals surface area contributed by atoms with Gasteiger partial charge >= 0.3 is 0 Å². The number of rotatable bonds is 6. The Morgan fingerprint density at radius 3 is 2.52 bits per heavy atom. The lowest BCUT2D eigenvalue weighted by molar-refractivity contribution is -0.117. The summed E-state index contributed by atoms with van der Waals surface area (Å²) >= 11 is 6.28. The Morgan fingerprint density at radius 2 is 1.85 bits per heavy atom. The van der Waals surface area contributed by atoms with Crippen LogP contribution in [-0.4, -0.2) is 44.7 Å². The fourth-order valence-corrected chi connectivity index (χ4v) is 3.01. The van der Waals surface area contributed by atoms with Gasteiger partial charge in [0.25, 0.3) is 0 Å². The van der Waals surface area contributed by atoms with Crippen molar-refractivity contribution in [3.8, 4) is 17.2 Å². The maximum absolute atomic E-state index is 12.4. The molecule has 1 heterocycles. The molecule has 0 bridgehead atoms. The van der Waals surface area contributed by atoms with E-state index in [2.05, 4.69) is 5.32 Å². The SMILES string of the molecule is COc1ccc(CN(C)CC(=O)Nc2cc3c(cc2Cl)OCCCO3)cc1. The van der Waals surface area contributed by atoms with E-state index in [-0.39, 0.29) is 12.5 Å². The summed E-state index contributed by atoms with van der Waals surface area (Å²) in [6, 6.07) is 11.2. The molecule has 3 rings (SSSR count). The minimum absolute atomic E-state index is 0.151. The number of ether oxygens (including phenoxy) is 3. The van der Waals surface area contributed by atoms with Crippen molar-refractivity contribution < 1.29 is 19.0 Å². The fourth-order valence-electron chi connectivity index (χ4n) is 2.81. The van der Waals surface area contributed by atoms with Crippen LogP contribution in [0.3, 0.4) is 0 Å². The molecule has 0 spiro atoms. The quantitative estimate of drug-likeness (QED) is 0.816. The summed E-state index contributed by atoms with van der Waals surface area (Å²) in [6.45, 7) is 2.04. The third kappa shape index (κ3) is 5.28. The van der Waals surface area contributed by atoms with Crippen molar-refractivity contribution in [2.24, 2.45) is 0 Å². The van der Waals surface area contributed by atoms with Gasteiger partial charge in [-0.05, 0) is 24.7 Å². The number of anilines is 1. The number of halogens is 1. The molecule has 0 fully saturated rings. The van der Waals surface area contributed by atoms with Gasteiger partial charge in [-0.3, -0.25) is 9.69 Å². The summed E-state index contributed by atoms with van der Waals surface area (Å²) < 4.78 is 16.4. The highest BCUT2D eigenvalue weighted by Gasteiger charge is 2.16. The number of methoxy groups -OCH3 is 1. The van der Waals surface area contributed by atoms with Gasteiger partial charge in [-0.2, -0.15) is 0 Å². The van der Waals surface area contributed by atoms with Crippen LogP contribution in [0, 0.1) is 0 Å². The second kappa shape index (κ2) is 8.97. The minimum Gasteiger partial charge on any atom is -0.497 e. The van der Waals surface area contributed by atoms with Crippen LogP contribution in [0.15, 0.2) is 36.4 Å². The van der Waals surface area contributed by atoms with Crippen LogP contribution in [0.1, 0.15) is 12.0 Å². The Balaban J connectivity index is 1.59. The van der Waals surface area contributed by atoms with E-state index in [1.807, 2.05) is 36.2 Å². The minimum atomic E-state index is -0.151. The monoisotopic (exact) mass is 390 g/mol. The first-order valence-corrected chi connectivity index (χ1v) is 9.13. The second-order valence-corrected chi connectivity index (χ2v) is 6.81. The summed E-state index contributed by atoms with van der Waals surface area (Å²) in [5, 5.41) is 3.27. The number of hydrogen-bond donors (Lipinski definition) is 1. The predicted molar refractivity (Wildman–Crippen MR) is 105 cm³/mol. The number of fused-ring (bicyclic) bond motifs is 1. The lowest BCUT2D eigenvalue weighted by Gasteiger charge is -2.17. The zero-order chi connectivity index (χ0) is 19.2. The molecular weight excluding hydrogens is 368 g/mol. The standard InChI is InChI=1S/C20H23ClN2O4/c1-23(12-14-4-6-15(25-2)7-5-14)13-20(24)22-17-11-19-18(10-16(17)21)26-8-3-9-27-19/h4-7,10-11H,3,8-9,12-13H2,1-2H3,(H,22,24). The molecule has 0 radical (unpaired) electrons. The van der Waals surface area contributed by atoms with Gasteiger partial charge in [-0.15, -0.1) is 0 Å². The molecule has 1 aliphatic heterocycles. The molecule has 1 amide bonds. The van der Waals surface area contributed by atoms with Crippen molar-refractivity contribution in [1.29, 1.82) is 0 Å². The van der Waals surface area contributed by atoms with E-state index < -0.39 is 0 Å². The molecule has 0 aromatic heterocycles. The maximum atomic E-state index is 12.4. The third-order valence-corrected chi connectivity index (χ3v) is 4.45. The van der Waals surface area contributed by atoms with Crippen LogP contribution in [0.25, 0.3) is 0 Å². The number of nitrogens with zero attached hydrogens (tertiary/aromatic N) is 1. The van der Waals surface area contributed by atoms with Crippen molar-refractivity contribution in [3.63, 3.8) is 0 Å². The van der Waals surface area contributed by atoms with Crippen molar-refractivity contribution >= 4 is 23.2 Å². The lowest BCUT2D eigenvalue weighted by atomic mass is 10.2. The largest absolute Gasteiger partial charge is 0.497 e. The molecule has 0 unspecified atom stereocenters. The van der Waals surface area contributed by atoms with E-state index in [0.29, 0.717) is 42.0 Å². The van der Waals surface area contributed by atoms with Crippen LogP contribution in [0.5, 0.6) is 17.2 Å². The van der Waals surface area contributed by atoms with Gasteiger partial charge in [0.05, 0.1) is 37.6 Å². The molecular formula is C20H23ClN2O4. The number of hydrogen-bond acceptors (Lipinski definition) is 5. The van der Waals surface area contributed by atoms with Crippen molar-refractivity contribution in [2.75, 3.05) is 39.2 Å². The maximum Gasteiger partial charge on any atom is 0.238 e. The van der Waals surface area contributed by atoms with Crippen molar-refractivity contribution in [1.82, 2.24) is 4.90 Å². The lowest BCUT2D eigenvalue weighted by Crippen LogP contribution is -2.29. The van der Waals surface area contributed by atoms with Gasteiger partial charge in [-0.1, -0.05) is 23.7 Å². The number of nitrogens with one attached hydrogen (secondary N) is 1. The molecule has 0 saturated carbocycles. The summed E-state index contributed by atoms with van der Waals surface area (Å²) in [5.74, 6) is 1.86. The first-order chi connectivity index (χ1) is 13.0. The Labute approximate surface area is 164 Å². The molecule has 0 aliphatic carbocycles. The average Bonchev–Trinajstić information content (AvgIpc) is 2.87. The summed E-state index contributed by atoms with van der Waals surface area (Å²) in [5.41, 5.74) is 1.61. The molecule has 6 nitrogen and oxygen atoms in total. The van der Waals surface area contributed by atoms with Crippen LogP contribution in [0.4, 0.5) is 5.69 Å². The van der Waals surface area contributed by atoms with Gasteiger partial charge in [-0.25, -0.2) is 0 Å². The van der Waals surface area contributed by atoms with Crippen molar-refractivity contribution in [2.45, 2.75) is 13.0 Å². The zero-order valence-corrected chi connectivity index (χ0v) is 16.2. The first kappa shape index (κ1) is 19.3. The van der Waals surface area contributed by atoms with Gasteiger partial charge in [0.15, 0.2) is 11.5 Å². The molecule has 7 heteroatoms. The van der Waals surface area contributed by atoms with E-state index in [0.717, 1.165) is 17.7 Å². The van der Waals surface area contributed by atoms with Gasteiger partial charge in [0, 0.05) is 25.1 Å². The average molecular weight is 391 g/mol. The Hall–Kier alpha value is -2.44. The molecule has 144 valence electrons. The van der Waals surface area contributed by atoms with Crippen LogP contribution in [0.2, 0.25) is 5.02 Å². The normalized spacial score (nSPS) is 13.2. The summed E-state index contributed by atoms with van der Waals surface area (Å²) in [4.78, 5) is 14.3. The molecule has 1 aliphatic rings. The van der Waals surface area contributed by atoms with E-state index in [1.54, 1.807) is 19.2 Å². The van der Waals surface area contributed by atoms with E-state index in [4.69, 9.17) is 25.8 Å². The highest BCUT2D eigenvalue weighted by atomic mass is 35.5. The highest BCUT2D eigenvalue weighted by molar-refractivity contribution is 6.34. The van der Waals surface area contributed by atoms with E-state index >= 15 is 0 Å². The van der Waals surface area contributed by atoms with Crippen LogP contribution >= 0.6 is 11.6 Å². The number of benzene rings is 2. The molecule has 2 aromatic rings. The Bertz CT molecular complexity index is 795. The second-order valence-electron chi connectivity index (χ2n) is 6.40. The third-order valence-electron chi connectivity index (χ3n) is 4.14. The topological polar surface area (TPSA) is 60.0 Å². The van der Waals surface area contributed by atoms with Crippen molar-refractivity contribution in [3.05, 3.63) is 47.0 Å². The number of amides is 1. The van der Waals surface area contributed by atoms with E-state index in [1.165, 1.54) is 0 Å². The fraction of sp³-hybridized carbons (Fsp3) is 0.350. The molecule has 2 aromatic carbocycles. The van der Waals surface area contributed by atoms with Gasteiger partial charge < -0.3 is 19.5 Å². The molecule has 1 N–H and O–H groups in total. The number of carbonyl (C=O) groups is 1. The van der Waals surface area contributed by atoms with Gasteiger partial charge in [0.2, 0.25) is 5.91 Å². The first-order valence-electron chi connectivity index (χ1n) is 8.75. The van der Waals surface area contributed by atoms with Crippen LogP contribution in [-0.2, 0) is 11.3 Å². The van der Waals surface area contributed by atoms with E-state index in [9.17, 15) is 4.79 Å². The Morgan fingerprint density at radius 1 is 1.19 bits per heavy atom. The summed E-state index contributed by atoms with van der Waals surface area (Å²) in [7, 11) is 3.52.